The molecule has 0 saturated carbocycles. The van der Waals surface area contributed by atoms with Crippen LogP contribution in [0.25, 0.3) is 0 Å². The fraction of sp³-hybridized carbons (Fsp3) is 0.280. The molecular formula is C25H26N2O2. The number of aryl methyl sites for hydroxylation is 1. The van der Waals surface area contributed by atoms with Gasteiger partial charge >= 0.3 is 0 Å². The van der Waals surface area contributed by atoms with E-state index in [0.29, 0.717) is 19.6 Å². The van der Waals surface area contributed by atoms with E-state index >= 15 is 0 Å². The molecule has 1 atom stereocenters. The van der Waals surface area contributed by atoms with Gasteiger partial charge in [-0.25, -0.2) is 0 Å². The van der Waals surface area contributed by atoms with Crippen molar-refractivity contribution in [1.29, 1.82) is 0 Å². The van der Waals surface area contributed by atoms with Crippen molar-refractivity contribution >= 4 is 5.91 Å². The molecule has 0 fully saturated rings. The molecule has 148 valence electrons. The van der Waals surface area contributed by atoms with Crippen LogP contribution in [0.15, 0.2) is 67.0 Å². The monoisotopic (exact) mass is 386 g/mol. The number of nitrogens with zero attached hydrogens (tertiary/aromatic N) is 2. The lowest BCUT2D eigenvalue weighted by molar-refractivity contribution is -0.132. The Balaban J connectivity index is 1.62. The summed E-state index contributed by atoms with van der Waals surface area (Å²) < 4.78 is 5.50. The predicted octanol–water partition coefficient (Wildman–Crippen LogP) is 4.51. The molecule has 4 nitrogen and oxygen atoms in total. The zero-order valence-electron chi connectivity index (χ0n) is 17.0. The zero-order valence-corrected chi connectivity index (χ0v) is 17.0. The van der Waals surface area contributed by atoms with Gasteiger partial charge in [0.05, 0.1) is 19.1 Å². The summed E-state index contributed by atoms with van der Waals surface area (Å²) in [5.74, 6) is 0.966. The van der Waals surface area contributed by atoms with Gasteiger partial charge < -0.3 is 9.64 Å². The summed E-state index contributed by atoms with van der Waals surface area (Å²) >= 11 is 0. The predicted molar refractivity (Wildman–Crippen MR) is 114 cm³/mol. The van der Waals surface area contributed by atoms with E-state index in [0.717, 1.165) is 23.3 Å². The molecule has 1 aliphatic heterocycles. The lowest BCUT2D eigenvalue weighted by Crippen LogP contribution is -2.41. The third-order valence-corrected chi connectivity index (χ3v) is 5.44. The standard InChI is InChI=1S/C25H26N2O2/c1-3-29-22-9-7-19(8-10-22)16-24(28)27-14-12-20-15-18(2)6-11-23(20)25(27)21-5-4-13-26-17-21/h4-11,13,15,17,25H,3,12,14,16H2,1-2H3. The van der Waals surface area contributed by atoms with Crippen LogP contribution in [0.4, 0.5) is 0 Å². The van der Waals surface area contributed by atoms with Gasteiger partial charge in [-0.05, 0) is 60.7 Å². The highest BCUT2D eigenvalue weighted by Gasteiger charge is 2.32. The Kier molecular flexibility index (Phi) is 5.61. The van der Waals surface area contributed by atoms with Crippen LogP contribution in [0.3, 0.4) is 0 Å². The van der Waals surface area contributed by atoms with Crippen LogP contribution in [-0.2, 0) is 17.6 Å². The first-order valence-electron chi connectivity index (χ1n) is 10.2. The first-order valence-corrected chi connectivity index (χ1v) is 10.2. The lowest BCUT2D eigenvalue weighted by Gasteiger charge is -2.38. The molecule has 0 saturated heterocycles. The van der Waals surface area contributed by atoms with E-state index in [1.807, 2.05) is 48.4 Å². The minimum Gasteiger partial charge on any atom is -0.494 e. The summed E-state index contributed by atoms with van der Waals surface area (Å²) in [4.78, 5) is 19.6. The molecule has 0 bridgehead atoms. The average Bonchev–Trinajstić information content (AvgIpc) is 2.75. The fourth-order valence-corrected chi connectivity index (χ4v) is 4.07. The molecule has 2 heterocycles. The van der Waals surface area contributed by atoms with E-state index in [4.69, 9.17) is 4.74 Å². The first-order chi connectivity index (χ1) is 14.2. The molecular weight excluding hydrogens is 360 g/mol. The summed E-state index contributed by atoms with van der Waals surface area (Å²) in [6.45, 7) is 5.43. The maximum absolute atomic E-state index is 13.3. The Morgan fingerprint density at radius 1 is 1.17 bits per heavy atom. The van der Waals surface area contributed by atoms with Crippen molar-refractivity contribution < 1.29 is 9.53 Å². The number of benzene rings is 2. The van der Waals surface area contributed by atoms with Crippen LogP contribution in [0, 0.1) is 6.92 Å². The largest absolute Gasteiger partial charge is 0.494 e. The van der Waals surface area contributed by atoms with E-state index in [9.17, 15) is 4.79 Å². The molecule has 1 amide bonds. The van der Waals surface area contributed by atoms with Crippen molar-refractivity contribution in [3.8, 4) is 5.75 Å². The van der Waals surface area contributed by atoms with Crippen LogP contribution in [-0.4, -0.2) is 28.9 Å². The Morgan fingerprint density at radius 3 is 2.72 bits per heavy atom. The number of hydrogen-bond donors (Lipinski definition) is 0. The third kappa shape index (κ3) is 4.16. The van der Waals surface area contributed by atoms with E-state index in [1.165, 1.54) is 16.7 Å². The highest BCUT2D eigenvalue weighted by Crippen LogP contribution is 2.35. The minimum atomic E-state index is -0.0942. The molecule has 1 aromatic heterocycles. The van der Waals surface area contributed by atoms with Gasteiger partial charge in [-0.15, -0.1) is 0 Å². The molecule has 0 aliphatic carbocycles. The number of aromatic nitrogens is 1. The Hall–Kier alpha value is -3.14. The second-order valence-corrected chi connectivity index (χ2v) is 7.48. The third-order valence-electron chi connectivity index (χ3n) is 5.44. The van der Waals surface area contributed by atoms with E-state index in [-0.39, 0.29) is 11.9 Å². The lowest BCUT2D eigenvalue weighted by atomic mass is 9.87. The maximum atomic E-state index is 13.3. The van der Waals surface area contributed by atoms with Crippen molar-refractivity contribution in [3.05, 3.63) is 94.8 Å². The summed E-state index contributed by atoms with van der Waals surface area (Å²) in [7, 11) is 0. The van der Waals surface area contributed by atoms with Gasteiger partial charge in [-0.3, -0.25) is 9.78 Å². The number of carbonyl (C=O) groups is 1. The molecule has 0 radical (unpaired) electrons. The van der Waals surface area contributed by atoms with Crippen molar-refractivity contribution in [2.45, 2.75) is 32.7 Å². The molecule has 2 aromatic carbocycles. The summed E-state index contributed by atoms with van der Waals surface area (Å²) in [6.07, 6.45) is 4.90. The molecule has 3 aromatic rings. The van der Waals surface area contributed by atoms with Crippen molar-refractivity contribution in [2.75, 3.05) is 13.2 Å². The second kappa shape index (κ2) is 8.48. The van der Waals surface area contributed by atoms with Gasteiger partial charge in [0.25, 0.3) is 0 Å². The van der Waals surface area contributed by atoms with Gasteiger partial charge in [0.1, 0.15) is 5.75 Å². The van der Waals surface area contributed by atoms with Gasteiger partial charge in [0.2, 0.25) is 5.91 Å². The average molecular weight is 386 g/mol. The second-order valence-electron chi connectivity index (χ2n) is 7.48. The Labute approximate surface area is 172 Å². The van der Waals surface area contributed by atoms with Crippen LogP contribution >= 0.6 is 0 Å². The number of hydrogen-bond acceptors (Lipinski definition) is 3. The number of ether oxygens (including phenoxy) is 1. The number of rotatable bonds is 5. The first kappa shape index (κ1) is 19.2. The van der Waals surface area contributed by atoms with Crippen LogP contribution in [0.2, 0.25) is 0 Å². The summed E-state index contributed by atoms with van der Waals surface area (Å²) in [5.41, 5.74) is 5.83. The van der Waals surface area contributed by atoms with Gasteiger partial charge in [0.15, 0.2) is 0 Å². The highest BCUT2D eigenvalue weighted by molar-refractivity contribution is 5.80. The molecule has 1 aliphatic rings. The molecule has 0 N–H and O–H groups in total. The number of fused-ring (bicyclic) bond motifs is 1. The Morgan fingerprint density at radius 2 is 2.00 bits per heavy atom. The number of pyridine rings is 1. The van der Waals surface area contributed by atoms with E-state index in [2.05, 4.69) is 36.2 Å². The molecule has 0 spiro atoms. The molecule has 1 unspecified atom stereocenters. The van der Waals surface area contributed by atoms with Crippen LogP contribution in [0.1, 0.15) is 40.8 Å². The Bertz CT molecular complexity index is 983. The number of carbonyl (C=O) groups excluding carboxylic acids is 1. The van der Waals surface area contributed by atoms with Crippen molar-refractivity contribution in [2.24, 2.45) is 0 Å². The maximum Gasteiger partial charge on any atom is 0.227 e. The SMILES string of the molecule is CCOc1ccc(CC(=O)N2CCc3cc(C)ccc3C2c2cccnc2)cc1. The van der Waals surface area contributed by atoms with Gasteiger partial charge in [-0.1, -0.05) is 42.0 Å². The normalized spacial score (nSPS) is 15.7. The van der Waals surface area contributed by atoms with Crippen LogP contribution < -0.4 is 4.74 Å². The smallest absolute Gasteiger partial charge is 0.227 e. The summed E-state index contributed by atoms with van der Waals surface area (Å²) in [5, 5.41) is 0. The van der Waals surface area contributed by atoms with E-state index < -0.39 is 0 Å². The summed E-state index contributed by atoms with van der Waals surface area (Å²) in [6, 6.07) is 18.2. The molecule has 4 rings (SSSR count). The quantitative estimate of drug-likeness (QED) is 0.648. The fourth-order valence-electron chi connectivity index (χ4n) is 4.07. The zero-order chi connectivity index (χ0) is 20.2. The van der Waals surface area contributed by atoms with Gasteiger partial charge in [-0.2, -0.15) is 0 Å². The molecule has 4 heteroatoms. The minimum absolute atomic E-state index is 0.0942. The van der Waals surface area contributed by atoms with Gasteiger partial charge in [0, 0.05) is 18.9 Å². The topological polar surface area (TPSA) is 42.4 Å². The van der Waals surface area contributed by atoms with E-state index in [1.54, 1.807) is 6.20 Å². The van der Waals surface area contributed by atoms with Crippen LogP contribution in [0.5, 0.6) is 5.75 Å². The number of amides is 1. The highest BCUT2D eigenvalue weighted by atomic mass is 16.5. The van der Waals surface area contributed by atoms with Crippen molar-refractivity contribution in [3.63, 3.8) is 0 Å². The van der Waals surface area contributed by atoms with Crippen molar-refractivity contribution in [1.82, 2.24) is 9.88 Å². The molecule has 29 heavy (non-hydrogen) atoms.